The van der Waals surface area contributed by atoms with Crippen LogP contribution in [-0.2, 0) is 0 Å². The van der Waals surface area contributed by atoms with Crippen LogP contribution < -0.4 is 15.6 Å². The van der Waals surface area contributed by atoms with Crippen molar-refractivity contribution in [2.24, 2.45) is 0 Å². The Morgan fingerprint density at radius 2 is 1.78 bits per heavy atom. The van der Waals surface area contributed by atoms with Crippen LogP contribution in [0.3, 0.4) is 0 Å². The predicted octanol–water partition coefficient (Wildman–Crippen LogP) is 3.58. The van der Waals surface area contributed by atoms with E-state index in [0.29, 0.717) is 10.2 Å². The molecule has 2 amide bonds. The van der Waals surface area contributed by atoms with Crippen molar-refractivity contribution in [3.05, 3.63) is 69.3 Å². The first-order valence-corrected chi connectivity index (χ1v) is 8.90. The summed E-state index contributed by atoms with van der Waals surface area (Å²) < 4.78 is 5.81. The second-order valence-electron chi connectivity index (χ2n) is 5.43. The van der Waals surface area contributed by atoms with Gasteiger partial charge in [0, 0.05) is 10.0 Å². The molecule has 0 saturated heterocycles. The van der Waals surface area contributed by atoms with Crippen LogP contribution >= 0.6 is 27.5 Å². The largest absolute Gasteiger partial charge is 0.497 e. The molecule has 0 unspecified atom stereocenters. The molecule has 1 aromatic heterocycles. The van der Waals surface area contributed by atoms with Crippen molar-refractivity contribution in [3.63, 3.8) is 0 Å². The Morgan fingerprint density at radius 1 is 1.07 bits per heavy atom. The minimum absolute atomic E-state index is 0.196. The number of methoxy groups -OCH3 is 1. The van der Waals surface area contributed by atoms with Gasteiger partial charge in [-0.1, -0.05) is 27.5 Å². The molecule has 9 heteroatoms. The zero-order chi connectivity index (χ0) is 19.4. The van der Waals surface area contributed by atoms with Crippen molar-refractivity contribution in [2.45, 2.75) is 0 Å². The number of hydrogen-bond acceptors (Lipinski definition) is 4. The van der Waals surface area contributed by atoms with Crippen LogP contribution in [0, 0.1) is 0 Å². The van der Waals surface area contributed by atoms with Gasteiger partial charge in [0.1, 0.15) is 11.4 Å². The van der Waals surface area contributed by atoms with E-state index in [0.717, 1.165) is 11.3 Å². The third-order valence-corrected chi connectivity index (χ3v) is 4.49. The molecular weight excluding hydrogens is 436 g/mol. The van der Waals surface area contributed by atoms with Gasteiger partial charge in [-0.2, -0.15) is 5.10 Å². The number of halogens is 2. The minimum atomic E-state index is -0.540. The number of carbonyl (C=O) groups excluding carboxylic acids is 2. The molecule has 3 N–H and O–H groups in total. The topological polar surface area (TPSA) is 96.1 Å². The quantitative estimate of drug-likeness (QED) is 0.531. The summed E-state index contributed by atoms with van der Waals surface area (Å²) in [4.78, 5) is 24.4. The number of benzene rings is 2. The van der Waals surface area contributed by atoms with Gasteiger partial charge in [0.05, 0.1) is 23.4 Å². The Bertz CT molecular complexity index is 989. The van der Waals surface area contributed by atoms with Gasteiger partial charge in [-0.05, 0) is 48.5 Å². The van der Waals surface area contributed by atoms with E-state index in [9.17, 15) is 9.59 Å². The number of hydrogen-bond donors (Lipinski definition) is 3. The van der Waals surface area contributed by atoms with Crippen LogP contribution in [0.2, 0.25) is 5.02 Å². The van der Waals surface area contributed by atoms with Crippen molar-refractivity contribution < 1.29 is 14.3 Å². The molecule has 0 aliphatic heterocycles. The lowest BCUT2D eigenvalue weighted by Crippen LogP contribution is -2.41. The van der Waals surface area contributed by atoms with E-state index in [1.165, 1.54) is 0 Å². The number of aromatic nitrogens is 2. The minimum Gasteiger partial charge on any atom is -0.497 e. The van der Waals surface area contributed by atoms with E-state index < -0.39 is 11.8 Å². The summed E-state index contributed by atoms with van der Waals surface area (Å²) in [7, 11) is 1.58. The summed E-state index contributed by atoms with van der Waals surface area (Å²) >= 11 is 9.26. The molecule has 0 saturated carbocycles. The summed E-state index contributed by atoms with van der Waals surface area (Å²) in [6.45, 7) is 0. The number of nitrogens with zero attached hydrogens (tertiary/aromatic N) is 1. The standard InChI is InChI=1S/C18H14BrClN4O3/c1-27-12-5-2-10(3-6-12)15-9-16(22-21-15)18(26)24-23-17(25)13-8-11(19)4-7-14(13)20/h2-9H,1H3,(H,21,22)(H,23,25)(H,24,26). The molecule has 0 bridgehead atoms. The third-order valence-electron chi connectivity index (χ3n) is 3.67. The number of H-pyrrole nitrogens is 1. The smallest absolute Gasteiger partial charge is 0.287 e. The number of amides is 2. The highest BCUT2D eigenvalue weighted by molar-refractivity contribution is 9.10. The Kier molecular flexibility index (Phi) is 5.78. The molecule has 0 aliphatic carbocycles. The molecule has 0 atom stereocenters. The Morgan fingerprint density at radius 3 is 2.48 bits per heavy atom. The first-order chi connectivity index (χ1) is 13.0. The summed E-state index contributed by atoms with van der Waals surface area (Å²) in [5, 5.41) is 7.02. The average molecular weight is 450 g/mol. The van der Waals surface area contributed by atoms with Gasteiger partial charge in [0.25, 0.3) is 11.8 Å². The molecule has 1 heterocycles. The molecule has 7 nitrogen and oxygen atoms in total. The summed E-state index contributed by atoms with van der Waals surface area (Å²) in [6.07, 6.45) is 0. The van der Waals surface area contributed by atoms with E-state index in [4.69, 9.17) is 16.3 Å². The molecule has 0 fully saturated rings. The molecule has 0 aliphatic rings. The molecule has 2 aromatic carbocycles. The second-order valence-corrected chi connectivity index (χ2v) is 6.75. The van der Waals surface area contributed by atoms with Crippen LogP contribution in [0.25, 0.3) is 11.3 Å². The van der Waals surface area contributed by atoms with Gasteiger partial charge in [-0.25, -0.2) is 0 Å². The van der Waals surface area contributed by atoms with Crippen molar-refractivity contribution in [1.82, 2.24) is 21.0 Å². The molecule has 0 spiro atoms. The maximum atomic E-state index is 12.2. The van der Waals surface area contributed by atoms with Crippen LogP contribution in [-0.4, -0.2) is 29.1 Å². The Balaban J connectivity index is 1.65. The van der Waals surface area contributed by atoms with Gasteiger partial charge in [0.15, 0.2) is 0 Å². The molecule has 138 valence electrons. The number of hydrazine groups is 1. The lowest BCUT2D eigenvalue weighted by molar-refractivity contribution is 0.0844. The highest BCUT2D eigenvalue weighted by Crippen LogP contribution is 2.22. The maximum Gasteiger partial charge on any atom is 0.287 e. The first-order valence-electron chi connectivity index (χ1n) is 7.73. The van der Waals surface area contributed by atoms with E-state index in [2.05, 4.69) is 37.0 Å². The predicted molar refractivity (Wildman–Crippen MR) is 105 cm³/mol. The monoisotopic (exact) mass is 448 g/mol. The Labute approximate surface area is 168 Å². The number of carbonyl (C=O) groups is 2. The van der Waals surface area contributed by atoms with E-state index in [1.54, 1.807) is 43.5 Å². The number of nitrogens with one attached hydrogen (secondary N) is 3. The molecule has 3 aromatic rings. The van der Waals surface area contributed by atoms with Crippen molar-refractivity contribution >= 4 is 39.3 Å². The highest BCUT2D eigenvalue weighted by atomic mass is 79.9. The fourth-order valence-corrected chi connectivity index (χ4v) is 2.83. The van der Waals surface area contributed by atoms with Gasteiger partial charge >= 0.3 is 0 Å². The van der Waals surface area contributed by atoms with E-state index in [1.807, 2.05) is 12.1 Å². The zero-order valence-electron chi connectivity index (χ0n) is 14.0. The summed E-state index contributed by atoms with van der Waals surface area (Å²) in [5.41, 5.74) is 6.47. The SMILES string of the molecule is COc1ccc(-c2cc(C(=O)NNC(=O)c3cc(Br)ccc3Cl)[nH]n2)cc1. The fraction of sp³-hybridized carbons (Fsp3) is 0.0556. The summed E-state index contributed by atoms with van der Waals surface area (Å²) in [6, 6.07) is 13.7. The van der Waals surface area contributed by atoms with Crippen molar-refractivity contribution in [2.75, 3.05) is 7.11 Å². The number of ether oxygens (including phenoxy) is 1. The zero-order valence-corrected chi connectivity index (χ0v) is 16.4. The van der Waals surface area contributed by atoms with Crippen LogP contribution in [0.15, 0.2) is 53.0 Å². The van der Waals surface area contributed by atoms with Crippen molar-refractivity contribution in [3.8, 4) is 17.0 Å². The second kappa shape index (κ2) is 8.24. The number of aromatic amines is 1. The van der Waals surface area contributed by atoms with E-state index in [-0.39, 0.29) is 16.3 Å². The van der Waals surface area contributed by atoms with E-state index >= 15 is 0 Å². The van der Waals surface area contributed by atoms with Gasteiger partial charge in [-0.3, -0.25) is 25.5 Å². The molecule has 3 rings (SSSR count). The molecule has 0 radical (unpaired) electrons. The van der Waals surface area contributed by atoms with Crippen LogP contribution in [0.1, 0.15) is 20.8 Å². The van der Waals surface area contributed by atoms with Crippen LogP contribution in [0.4, 0.5) is 0 Å². The normalized spacial score (nSPS) is 10.3. The lowest BCUT2D eigenvalue weighted by atomic mass is 10.1. The van der Waals surface area contributed by atoms with Gasteiger partial charge < -0.3 is 4.74 Å². The summed E-state index contributed by atoms with van der Waals surface area (Å²) in [5.74, 6) is -0.354. The fourth-order valence-electron chi connectivity index (χ4n) is 2.27. The lowest BCUT2D eigenvalue weighted by Gasteiger charge is -2.07. The van der Waals surface area contributed by atoms with Gasteiger partial charge in [0.2, 0.25) is 0 Å². The third kappa shape index (κ3) is 4.47. The first kappa shape index (κ1) is 18.9. The van der Waals surface area contributed by atoms with Crippen LogP contribution in [0.5, 0.6) is 5.75 Å². The maximum absolute atomic E-state index is 12.2. The molecule has 27 heavy (non-hydrogen) atoms. The number of rotatable bonds is 4. The van der Waals surface area contributed by atoms with Crippen molar-refractivity contribution in [1.29, 1.82) is 0 Å². The highest BCUT2D eigenvalue weighted by Gasteiger charge is 2.15. The molecular formula is C18H14BrClN4O3. The average Bonchev–Trinajstić information content (AvgIpc) is 3.18. The van der Waals surface area contributed by atoms with Gasteiger partial charge in [-0.15, -0.1) is 0 Å². The Hall–Kier alpha value is -2.84.